The second-order valence-electron chi connectivity index (χ2n) is 6.40. The average Bonchev–Trinajstić information content (AvgIpc) is 2.49. The van der Waals surface area contributed by atoms with Gasteiger partial charge in [0.25, 0.3) is 0 Å². The van der Waals surface area contributed by atoms with Gasteiger partial charge in [0.1, 0.15) is 0 Å². The molecule has 1 N–H and O–H groups in total. The molecule has 0 unspecified atom stereocenters. The summed E-state index contributed by atoms with van der Waals surface area (Å²) in [5.41, 5.74) is 4.88. The fourth-order valence-electron chi connectivity index (χ4n) is 3.50. The molecule has 22 heavy (non-hydrogen) atoms. The summed E-state index contributed by atoms with van der Waals surface area (Å²) < 4.78 is 0. The Labute approximate surface area is 132 Å². The number of rotatable bonds is 3. The van der Waals surface area contributed by atoms with E-state index in [1.165, 1.54) is 22.2 Å². The summed E-state index contributed by atoms with van der Waals surface area (Å²) in [4.78, 5) is 9.37. The number of aliphatic hydroxyl groups is 1. The first-order valence-corrected chi connectivity index (χ1v) is 8.02. The van der Waals surface area contributed by atoms with E-state index in [9.17, 15) is 5.11 Å². The highest BCUT2D eigenvalue weighted by Crippen LogP contribution is 2.30. The summed E-state index contributed by atoms with van der Waals surface area (Å²) in [6.45, 7) is 7.53. The Morgan fingerprint density at radius 1 is 1.27 bits per heavy atom. The van der Waals surface area contributed by atoms with Gasteiger partial charge >= 0.3 is 0 Å². The molecule has 2 aromatic rings. The topological polar surface area (TPSA) is 39.6 Å². The van der Waals surface area contributed by atoms with Crippen molar-refractivity contribution in [2.45, 2.75) is 26.3 Å². The molecule has 4 heteroatoms. The molecular weight excluding hydrogens is 274 g/mol. The number of hydrogen-bond acceptors (Lipinski definition) is 4. The molecule has 2 heterocycles. The van der Waals surface area contributed by atoms with E-state index in [4.69, 9.17) is 0 Å². The number of nitrogens with zero attached hydrogens (tertiary/aromatic N) is 3. The van der Waals surface area contributed by atoms with Crippen molar-refractivity contribution in [1.29, 1.82) is 0 Å². The number of fused-ring (bicyclic) bond motifs is 1. The number of aryl methyl sites for hydroxylation is 2. The van der Waals surface area contributed by atoms with E-state index >= 15 is 0 Å². The molecule has 1 aliphatic rings. The van der Waals surface area contributed by atoms with E-state index in [1.807, 2.05) is 6.20 Å². The van der Waals surface area contributed by atoms with Gasteiger partial charge in [-0.05, 0) is 45.0 Å². The van der Waals surface area contributed by atoms with Crippen LogP contribution in [0.4, 0.5) is 5.69 Å². The zero-order valence-corrected chi connectivity index (χ0v) is 13.7. The molecule has 1 atom stereocenters. The van der Waals surface area contributed by atoms with Crippen LogP contribution in [-0.2, 0) is 0 Å². The van der Waals surface area contributed by atoms with Gasteiger partial charge in [-0.2, -0.15) is 0 Å². The fourth-order valence-corrected chi connectivity index (χ4v) is 3.50. The zero-order chi connectivity index (χ0) is 15.7. The van der Waals surface area contributed by atoms with Crippen LogP contribution in [0.5, 0.6) is 0 Å². The summed E-state index contributed by atoms with van der Waals surface area (Å²) in [5.74, 6) is 0. The predicted octanol–water partition coefficient (Wildman–Crippen LogP) is 2.35. The smallest absolute Gasteiger partial charge is 0.0752 e. The van der Waals surface area contributed by atoms with E-state index in [2.05, 4.69) is 53.9 Å². The third-order valence-electron chi connectivity index (χ3n) is 4.74. The molecule has 1 fully saturated rings. The van der Waals surface area contributed by atoms with Crippen LogP contribution in [0.3, 0.4) is 0 Å². The lowest BCUT2D eigenvalue weighted by Crippen LogP contribution is -2.51. The summed E-state index contributed by atoms with van der Waals surface area (Å²) in [5, 5.41) is 10.5. The molecule has 1 aliphatic heterocycles. The number of benzene rings is 1. The van der Waals surface area contributed by atoms with Crippen molar-refractivity contribution in [3.8, 4) is 0 Å². The zero-order valence-electron chi connectivity index (χ0n) is 13.7. The highest BCUT2D eigenvalue weighted by atomic mass is 16.3. The van der Waals surface area contributed by atoms with Crippen molar-refractivity contribution in [3.63, 3.8) is 0 Å². The van der Waals surface area contributed by atoms with Gasteiger partial charge in [0.05, 0.1) is 5.52 Å². The number of hydrogen-bond donors (Lipinski definition) is 1. The molecule has 0 spiro atoms. The molecule has 4 nitrogen and oxygen atoms in total. The van der Waals surface area contributed by atoms with Crippen LogP contribution in [0, 0.1) is 13.8 Å². The van der Waals surface area contributed by atoms with Crippen LogP contribution in [0.1, 0.15) is 17.5 Å². The Morgan fingerprint density at radius 3 is 2.86 bits per heavy atom. The maximum absolute atomic E-state index is 9.28. The summed E-state index contributed by atoms with van der Waals surface area (Å²) in [7, 11) is 2.15. The van der Waals surface area contributed by atoms with Gasteiger partial charge in [-0.15, -0.1) is 0 Å². The van der Waals surface area contributed by atoms with Gasteiger partial charge in [0.2, 0.25) is 0 Å². The van der Waals surface area contributed by atoms with E-state index < -0.39 is 0 Å². The van der Waals surface area contributed by atoms with Crippen LogP contribution in [0.2, 0.25) is 0 Å². The number of anilines is 1. The van der Waals surface area contributed by atoms with Gasteiger partial charge in [0.15, 0.2) is 0 Å². The van der Waals surface area contributed by atoms with Crippen LogP contribution in [-0.4, -0.2) is 54.3 Å². The maximum atomic E-state index is 9.28. The molecule has 1 aromatic heterocycles. The van der Waals surface area contributed by atoms with E-state index in [0.717, 1.165) is 31.6 Å². The summed E-state index contributed by atoms with van der Waals surface area (Å²) in [6.07, 6.45) is 2.74. The van der Waals surface area contributed by atoms with Crippen LogP contribution < -0.4 is 4.90 Å². The lowest BCUT2D eigenvalue weighted by molar-refractivity contribution is 0.171. The number of piperazine rings is 1. The molecule has 0 amide bonds. The van der Waals surface area contributed by atoms with Gasteiger partial charge in [-0.3, -0.25) is 9.88 Å². The lowest BCUT2D eigenvalue weighted by atomic mass is 10.0. The van der Waals surface area contributed by atoms with E-state index in [1.54, 1.807) is 0 Å². The number of aromatic nitrogens is 1. The predicted molar refractivity (Wildman–Crippen MR) is 91.6 cm³/mol. The molecular formula is C18H25N3O. The third kappa shape index (κ3) is 2.81. The second kappa shape index (κ2) is 6.23. The minimum Gasteiger partial charge on any atom is -0.396 e. The second-order valence-corrected chi connectivity index (χ2v) is 6.40. The average molecular weight is 299 g/mol. The summed E-state index contributed by atoms with van der Waals surface area (Å²) >= 11 is 0. The third-order valence-corrected chi connectivity index (χ3v) is 4.74. The molecule has 3 rings (SSSR count). The molecule has 118 valence electrons. The minimum atomic E-state index is 0.248. The Morgan fingerprint density at radius 2 is 2.09 bits per heavy atom. The lowest BCUT2D eigenvalue weighted by Gasteiger charge is -2.41. The van der Waals surface area contributed by atoms with Crippen molar-refractivity contribution in [2.24, 2.45) is 0 Å². The minimum absolute atomic E-state index is 0.248. The number of likely N-dealkylation sites (N-methyl/N-ethyl adjacent to an activating group) is 1. The largest absolute Gasteiger partial charge is 0.396 e. The van der Waals surface area contributed by atoms with Crippen molar-refractivity contribution in [2.75, 3.05) is 38.2 Å². The first-order chi connectivity index (χ1) is 10.6. The van der Waals surface area contributed by atoms with Gasteiger partial charge in [-0.1, -0.05) is 11.6 Å². The Hall–Kier alpha value is -1.65. The first-order valence-electron chi connectivity index (χ1n) is 8.02. The van der Waals surface area contributed by atoms with E-state index in [-0.39, 0.29) is 6.61 Å². The SMILES string of the molecule is Cc1cc(C)c2nccc(N3CCN(C)[C@@H](CCO)C3)c2c1. The Balaban J connectivity index is 1.99. The quantitative estimate of drug-likeness (QED) is 0.944. The molecule has 0 radical (unpaired) electrons. The van der Waals surface area contributed by atoms with Crippen molar-refractivity contribution < 1.29 is 5.11 Å². The molecule has 1 aromatic carbocycles. The normalized spacial score (nSPS) is 19.8. The highest BCUT2D eigenvalue weighted by molar-refractivity contribution is 5.94. The fraction of sp³-hybridized carbons (Fsp3) is 0.500. The molecule has 1 saturated heterocycles. The van der Waals surface area contributed by atoms with Crippen LogP contribution in [0.15, 0.2) is 24.4 Å². The maximum Gasteiger partial charge on any atom is 0.0752 e. The van der Waals surface area contributed by atoms with Crippen LogP contribution in [0.25, 0.3) is 10.9 Å². The Kier molecular flexibility index (Phi) is 4.32. The number of aliphatic hydroxyl groups excluding tert-OH is 1. The summed E-state index contributed by atoms with van der Waals surface area (Å²) in [6, 6.07) is 6.97. The van der Waals surface area contributed by atoms with Crippen molar-refractivity contribution in [3.05, 3.63) is 35.5 Å². The van der Waals surface area contributed by atoms with E-state index in [0.29, 0.717) is 6.04 Å². The molecule has 0 saturated carbocycles. The van der Waals surface area contributed by atoms with Crippen molar-refractivity contribution >= 4 is 16.6 Å². The monoisotopic (exact) mass is 299 g/mol. The molecule has 0 aliphatic carbocycles. The number of pyridine rings is 1. The van der Waals surface area contributed by atoms with Gasteiger partial charge in [0, 0.05) is 49.6 Å². The molecule has 0 bridgehead atoms. The van der Waals surface area contributed by atoms with Crippen molar-refractivity contribution in [1.82, 2.24) is 9.88 Å². The first kappa shape index (κ1) is 15.3. The highest BCUT2D eigenvalue weighted by Gasteiger charge is 2.25. The Bertz CT molecular complexity index is 671. The van der Waals surface area contributed by atoms with Gasteiger partial charge in [-0.25, -0.2) is 0 Å². The van der Waals surface area contributed by atoms with Crippen LogP contribution >= 0.6 is 0 Å². The standard InChI is InChI=1S/C18H25N3O/c1-13-10-14(2)18-16(11-13)17(4-6-19-18)21-8-7-20(3)15(12-21)5-9-22/h4,6,10-11,15,22H,5,7-9,12H2,1-3H3/t15-/m0/s1. The van der Waals surface area contributed by atoms with Gasteiger partial charge < -0.3 is 10.0 Å².